The largest absolute Gasteiger partial charge is 0.497 e. The van der Waals surface area contributed by atoms with Crippen molar-refractivity contribution in [2.75, 3.05) is 12.5 Å². The van der Waals surface area contributed by atoms with Crippen molar-refractivity contribution in [3.8, 4) is 28.3 Å². The zero-order valence-corrected chi connectivity index (χ0v) is 16.9. The lowest BCUT2D eigenvalue weighted by Crippen LogP contribution is -2.00. The quantitative estimate of drug-likeness (QED) is 0.343. The molecule has 0 saturated heterocycles. The maximum atomic E-state index is 5.26. The summed E-state index contributed by atoms with van der Waals surface area (Å²) < 4.78 is 5.26. The van der Waals surface area contributed by atoms with Crippen molar-refractivity contribution in [3.05, 3.63) is 96.1 Å². The number of hydrogen-bond acceptors (Lipinski definition) is 5. The van der Waals surface area contributed by atoms with Crippen LogP contribution < -0.4 is 10.2 Å². The molecule has 1 N–H and O–H groups in total. The summed E-state index contributed by atoms with van der Waals surface area (Å²) in [6.07, 6.45) is 1.75. The van der Waals surface area contributed by atoms with Crippen LogP contribution >= 0.6 is 0 Å². The average molecular weight is 394 g/mol. The number of methoxy groups -OCH3 is 1. The van der Waals surface area contributed by atoms with E-state index in [-0.39, 0.29) is 0 Å². The molecule has 5 heteroatoms. The second kappa shape index (κ2) is 9.01. The summed E-state index contributed by atoms with van der Waals surface area (Å²) in [5.41, 5.74) is 8.80. The van der Waals surface area contributed by atoms with E-state index in [9.17, 15) is 0 Å². The van der Waals surface area contributed by atoms with Gasteiger partial charge in [-0.25, -0.2) is 15.4 Å². The predicted octanol–water partition coefficient (Wildman–Crippen LogP) is 5.57. The fourth-order valence-electron chi connectivity index (χ4n) is 2.98. The van der Waals surface area contributed by atoms with E-state index in [4.69, 9.17) is 4.74 Å². The minimum Gasteiger partial charge on any atom is -0.497 e. The number of hydrazone groups is 1. The Labute approximate surface area is 176 Å². The van der Waals surface area contributed by atoms with Gasteiger partial charge in [0.25, 0.3) is 0 Å². The van der Waals surface area contributed by atoms with Crippen LogP contribution in [0.5, 0.6) is 5.75 Å². The van der Waals surface area contributed by atoms with Gasteiger partial charge >= 0.3 is 0 Å². The van der Waals surface area contributed by atoms with Gasteiger partial charge in [-0.05, 0) is 42.8 Å². The molecule has 0 fully saturated rings. The Hall–Kier alpha value is -3.99. The normalized spacial score (nSPS) is 10.9. The fourth-order valence-corrected chi connectivity index (χ4v) is 2.98. The lowest BCUT2D eigenvalue weighted by atomic mass is 10.1. The Bertz CT molecular complexity index is 1140. The van der Waals surface area contributed by atoms with Gasteiger partial charge in [-0.2, -0.15) is 5.10 Å². The molecule has 148 valence electrons. The van der Waals surface area contributed by atoms with Crippen LogP contribution in [-0.2, 0) is 0 Å². The van der Waals surface area contributed by atoms with Crippen LogP contribution in [0.1, 0.15) is 11.1 Å². The SMILES string of the molecule is COc1ccc(-c2cc(-c3ccc(C)cc3)nc(N/N=C/c3ccccc3)n2)cc1. The van der Waals surface area contributed by atoms with Gasteiger partial charge in [0.1, 0.15) is 5.75 Å². The molecular weight excluding hydrogens is 372 g/mol. The molecule has 0 atom stereocenters. The molecule has 0 aliphatic rings. The van der Waals surface area contributed by atoms with Gasteiger partial charge in [0, 0.05) is 11.1 Å². The molecule has 4 aromatic rings. The molecule has 1 aromatic heterocycles. The Kier molecular flexibility index (Phi) is 5.80. The van der Waals surface area contributed by atoms with Crippen LogP contribution in [0.3, 0.4) is 0 Å². The number of aromatic nitrogens is 2. The number of benzene rings is 3. The van der Waals surface area contributed by atoms with Crippen molar-refractivity contribution in [1.29, 1.82) is 0 Å². The number of nitrogens with zero attached hydrogens (tertiary/aromatic N) is 3. The van der Waals surface area contributed by atoms with Crippen molar-refractivity contribution in [2.45, 2.75) is 6.92 Å². The maximum Gasteiger partial charge on any atom is 0.244 e. The van der Waals surface area contributed by atoms with Crippen LogP contribution in [-0.4, -0.2) is 23.3 Å². The van der Waals surface area contributed by atoms with Crippen LogP contribution in [0.2, 0.25) is 0 Å². The predicted molar refractivity (Wildman–Crippen MR) is 122 cm³/mol. The number of nitrogens with one attached hydrogen (secondary N) is 1. The third-order valence-corrected chi connectivity index (χ3v) is 4.64. The molecular formula is C25H22N4O. The van der Waals surface area contributed by atoms with E-state index in [0.717, 1.165) is 33.8 Å². The third-order valence-electron chi connectivity index (χ3n) is 4.64. The number of rotatable bonds is 6. The number of aryl methyl sites for hydroxylation is 1. The highest BCUT2D eigenvalue weighted by Crippen LogP contribution is 2.26. The van der Waals surface area contributed by atoms with Crippen molar-refractivity contribution < 1.29 is 4.74 Å². The van der Waals surface area contributed by atoms with Crippen LogP contribution in [0.25, 0.3) is 22.5 Å². The highest BCUT2D eigenvalue weighted by molar-refractivity contribution is 5.80. The van der Waals surface area contributed by atoms with E-state index in [1.165, 1.54) is 5.56 Å². The molecule has 0 radical (unpaired) electrons. The van der Waals surface area contributed by atoms with Crippen LogP contribution in [0.4, 0.5) is 5.95 Å². The number of anilines is 1. The fraction of sp³-hybridized carbons (Fsp3) is 0.0800. The second-order valence-electron chi connectivity index (χ2n) is 6.84. The van der Waals surface area contributed by atoms with Gasteiger partial charge in [0.05, 0.1) is 24.7 Å². The summed E-state index contributed by atoms with van der Waals surface area (Å²) >= 11 is 0. The van der Waals surface area contributed by atoms with E-state index < -0.39 is 0 Å². The summed E-state index contributed by atoms with van der Waals surface area (Å²) in [6, 6.07) is 27.9. The zero-order chi connectivity index (χ0) is 20.8. The average Bonchev–Trinajstić information content (AvgIpc) is 2.80. The zero-order valence-electron chi connectivity index (χ0n) is 16.9. The molecule has 1 heterocycles. The summed E-state index contributed by atoms with van der Waals surface area (Å²) in [5.74, 6) is 1.24. The van der Waals surface area contributed by atoms with Crippen LogP contribution in [0, 0.1) is 6.92 Å². The Morgan fingerprint density at radius 3 is 2.00 bits per heavy atom. The molecule has 0 aliphatic carbocycles. The summed E-state index contributed by atoms with van der Waals surface area (Å²) in [7, 11) is 1.65. The minimum atomic E-state index is 0.436. The molecule has 0 aliphatic heterocycles. The van der Waals surface area contributed by atoms with Gasteiger partial charge in [0.2, 0.25) is 5.95 Å². The smallest absolute Gasteiger partial charge is 0.244 e. The summed E-state index contributed by atoms with van der Waals surface area (Å²) in [6.45, 7) is 2.07. The molecule has 0 amide bonds. The van der Waals surface area contributed by atoms with Gasteiger partial charge in [-0.1, -0.05) is 60.2 Å². The van der Waals surface area contributed by atoms with Gasteiger partial charge < -0.3 is 4.74 Å². The Morgan fingerprint density at radius 2 is 1.40 bits per heavy atom. The molecule has 3 aromatic carbocycles. The highest BCUT2D eigenvalue weighted by atomic mass is 16.5. The topological polar surface area (TPSA) is 59.4 Å². The standard InChI is InChI=1S/C25H22N4O/c1-18-8-10-20(11-9-18)23-16-24(21-12-14-22(30-2)15-13-21)28-25(27-23)29-26-17-19-6-4-3-5-7-19/h3-17H,1-2H3,(H,27,28,29)/b26-17+. The van der Waals surface area contributed by atoms with E-state index in [1.54, 1.807) is 13.3 Å². The molecule has 0 unspecified atom stereocenters. The number of ether oxygens (including phenoxy) is 1. The van der Waals surface area contributed by atoms with E-state index in [0.29, 0.717) is 5.95 Å². The lowest BCUT2D eigenvalue weighted by molar-refractivity contribution is 0.415. The molecule has 30 heavy (non-hydrogen) atoms. The summed E-state index contributed by atoms with van der Waals surface area (Å²) in [5, 5.41) is 4.30. The van der Waals surface area contributed by atoms with E-state index in [1.807, 2.05) is 60.7 Å². The lowest BCUT2D eigenvalue weighted by Gasteiger charge is -2.09. The van der Waals surface area contributed by atoms with Crippen molar-refractivity contribution >= 4 is 12.2 Å². The Morgan fingerprint density at radius 1 is 0.800 bits per heavy atom. The first-order valence-electron chi connectivity index (χ1n) is 9.66. The first-order chi connectivity index (χ1) is 14.7. The third kappa shape index (κ3) is 4.70. The van der Waals surface area contributed by atoms with Crippen molar-refractivity contribution in [2.24, 2.45) is 5.10 Å². The van der Waals surface area contributed by atoms with E-state index in [2.05, 4.69) is 51.7 Å². The van der Waals surface area contributed by atoms with Gasteiger partial charge in [-0.15, -0.1) is 0 Å². The van der Waals surface area contributed by atoms with Crippen LogP contribution in [0.15, 0.2) is 90.0 Å². The van der Waals surface area contributed by atoms with Gasteiger partial charge in [-0.3, -0.25) is 0 Å². The monoisotopic (exact) mass is 394 g/mol. The minimum absolute atomic E-state index is 0.436. The number of hydrogen-bond donors (Lipinski definition) is 1. The summed E-state index contributed by atoms with van der Waals surface area (Å²) in [4.78, 5) is 9.32. The maximum absolute atomic E-state index is 5.26. The molecule has 0 spiro atoms. The van der Waals surface area contributed by atoms with Crippen molar-refractivity contribution in [1.82, 2.24) is 9.97 Å². The second-order valence-corrected chi connectivity index (χ2v) is 6.84. The molecule has 0 saturated carbocycles. The molecule has 0 bridgehead atoms. The molecule has 4 rings (SSSR count). The Balaban J connectivity index is 1.69. The van der Waals surface area contributed by atoms with Gasteiger partial charge in [0.15, 0.2) is 0 Å². The first-order valence-corrected chi connectivity index (χ1v) is 9.66. The van der Waals surface area contributed by atoms with Crippen molar-refractivity contribution in [3.63, 3.8) is 0 Å². The molecule has 5 nitrogen and oxygen atoms in total. The van der Waals surface area contributed by atoms with E-state index >= 15 is 0 Å². The first kappa shape index (κ1) is 19.3. The highest BCUT2D eigenvalue weighted by Gasteiger charge is 2.09.